The molecule has 0 amide bonds. The van der Waals surface area contributed by atoms with Crippen LogP contribution in [0.2, 0.25) is 0 Å². The first-order valence-electron chi connectivity index (χ1n) is 5.41. The second-order valence-electron chi connectivity index (χ2n) is 5.02. The highest BCUT2D eigenvalue weighted by atomic mass is 14.4. The Bertz CT molecular complexity index is 184. The Morgan fingerprint density at radius 1 is 1.25 bits per heavy atom. The summed E-state index contributed by atoms with van der Waals surface area (Å²) in [7, 11) is 0. The molecule has 0 bridgehead atoms. The summed E-state index contributed by atoms with van der Waals surface area (Å²) in [5.41, 5.74) is 0.698. The molecule has 1 fully saturated rings. The molecule has 0 aromatic heterocycles. The third kappa shape index (κ3) is 1.57. The van der Waals surface area contributed by atoms with Crippen molar-refractivity contribution in [3.05, 3.63) is 12.2 Å². The van der Waals surface area contributed by atoms with Crippen LogP contribution in [-0.2, 0) is 0 Å². The topological polar surface area (TPSA) is 0 Å². The second-order valence-corrected chi connectivity index (χ2v) is 5.02. The first-order chi connectivity index (χ1) is 5.72. The van der Waals surface area contributed by atoms with Gasteiger partial charge in [-0.25, -0.2) is 0 Å². The Morgan fingerprint density at radius 3 is 2.58 bits per heavy atom. The predicted molar refractivity (Wildman–Crippen MR) is 53.0 cm³/mol. The van der Waals surface area contributed by atoms with Crippen molar-refractivity contribution < 1.29 is 0 Å². The van der Waals surface area contributed by atoms with Gasteiger partial charge in [0.15, 0.2) is 0 Å². The maximum Gasteiger partial charge on any atom is -0.0117 e. The summed E-state index contributed by atoms with van der Waals surface area (Å²) in [6.45, 7) is 4.69. The third-order valence-corrected chi connectivity index (χ3v) is 3.66. The van der Waals surface area contributed by atoms with E-state index in [0.717, 1.165) is 11.8 Å². The van der Waals surface area contributed by atoms with Gasteiger partial charge >= 0.3 is 0 Å². The predicted octanol–water partition coefficient (Wildman–Crippen LogP) is 3.78. The van der Waals surface area contributed by atoms with Gasteiger partial charge in [0.05, 0.1) is 0 Å². The quantitative estimate of drug-likeness (QED) is 0.517. The van der Waals surface area contributed by atoms with E-state index in [-0.39, 0.29) is 0 Å². The fourth-order valence-electron chi connectivity index (χ4n) is 2.33. The minimum Gasteiger partial charge on any atom is -0.0846 e. The molecule has 0 radical (unpaired) electrons. The van der Waals surface area contributed by atoms with Crippen LogP contribution in [0.5, 0.6) is 0 Å². The summed E-state index contributed by atoms with van der Waals surface area (Å²) >= 11 is 0. The first-order valence-corrected chi connectivity index (χ1v) is 5.41. The van der Waals surface area contributed by atoms with Crippen LogP contribution in [0.1, 0.15) is 46.0 Å². The van der Waals surface area contributed by atoms with Gasteiger partial charge < -0.3 is 0 Å². The van der Waals surface area contributed by atoms with Gasteiger partial charge in [0.25, 0.3) is 0 Å². The SMILES string of the molecule is CC(C)C1C=CC2(CCC1)CC2. The zero-order chi connectivity index (χ0) is 8.60. The highest BCUT2D eigenvalue weighted by Crippen LogP contribution is 2.53. The molecule has 0 N–H and O–H groups in total. The van der Waals surface area contributed by atoms with Crippen molar-refractivity contribution in [3.8, 4) is 0 Å². The molecule has 2 aliphatic carbocycles. The minimum absolute atomic E-state index is 0.698. The monoisotopic (exact) mass is 164 g/mol. The Labute approximate surface area is 76.1 Å². The van der Waals surface area contributed by atoms with E-state index in [1.165, 1.54) is 32.1 Å². The van der Waals surface area contributed by atoms with E-state index in [1.54, 1.807) is 0 Å². The Morgan fingerprint density at radius 2 is 2.00 bits per heavy atom. The van der Waals surface area contributed by atoms with Crippen molar-refractivity contribution in [2.75, 3.05) is 0 Å². The zero-order valence-electron chi connectivity index (χ0n) is 8.34. The van der Waals surface area contributed by atoms with E-state index in [2.05, 4.69) is 26.0 Å². The van der Waals surface area contributed by atoms with Gasteiger partial charge in [-0.15, -0.1) is 0 Å². The van der Waals surface area contributed by atoms with Gasteiger partial charge in [0.1, 0.15) is 0 Å². The van der Waals surface area contributed by atoms with Crippen LogP contribution >= 0.6 is 0 Å². The van der Waals surface area contributed by atoms with E-state index in [9.17, 15) is 0 Å². The van der Waals surface area contributed by atoms with E-state index in [4.69, 9.17) is 0 Å². The van der Waals surface area contributed by atoms with Crippen molar-refractivity contribution in [2.24, 2.45) is 17.3 Å². The standard InChI is InChI=1S/C12H20/c1-10(2)11-4-3-6-12(7-5-11)8-9-12/h5,7,10-11H,3-4,6,8-9H2,1-2H3. The van der Waals surface area contributed by atoms with Gasteiger partial charge in [-0.3, -0.25) is 0 Å². The highest BCUT2D eigenvalue weighted by Gasteiger charge is 2.40. The minimum atomic E-state index is 0.698. The van der Waals surface area contributed by atoms with Gasteiger partial charge in [-0.05, 0) is 42.9 Å². The Kier molecular flexibility index (Phi) is 2.02. The number of allylic oxidation sites excluding steroid dienone is 2. The molecule has 1 spiro atoms. The average Bonchev–Trinajstić information content (AvgIpc) is 2.80. The van der Waals surface area contributed by atoms with Crippen molar-refractivity contribution in [2.45, 2.75) is 46.0 Å². The molecule has 68 valence electrons. The molecule has 1 unspecified atom stereocenters. The zero-order valence-corrected chi connectivity index (χ0v) is 8.34. The van der Waals surface area contributed by atoms with Crippen molar-refractivity contribution >= 4 is 0 Å². The van der Waals surface area contributed by atoms with Crippen LogP contribution < -0.4 is 0 Å². The van der Waals surface area contributed by atoms with Crippen LogP contribution in [0.25, 0.3) is 0 Å². The fraction of sp³-hybridized carbons (Fsp3) is 0.833. The van der Waals surface area contributed by atoms with Crippen LogP contribution in [0.4, 0.5) is 0 Å². The normalized spacial score (nSPS) is 32.4. The van der Waals surface area contributed by atoms with Crippen molar-refractivity contribution in [1.82, 2.24) is 0 Å². The first kappa shape index (κ1) is 8.34. The molecule has 0 aromatic carbocycles. The number of rotatable bonds is 1. The Balaban J connectivity index is 2.02. The molecule has 0 heterocycles. The van der Waals surface area contributed by atoms with Gasteiger partial charge in [-0.2, -0.15) is 0 Å². The molecule has 0 nitrogen and oxygen atoms in total. The molecule has 0 aliphatic heterocycles. The molecule has 12 heavy (non-hydrogen) atoms. The summed E-state index contributed by atoms with van der Waals surface area (Å²) in [6, 6.07) is 0. The molecule has 1 saturated carbocycles. The second kappa shape index (κ2) is 2.90. The Hall–Kier alpha value is -0.260. The lowest BCUT2D eigenvalue weighted by Gasteiger charge is -2.14. The summed E-state index contributed by atoms with van der Waals surface area (Å²) in [5.74, 6) is 1.71. The molecule has 0 heteroatoms. The maximum absolute atomic E-state index is 2.53. The van der Waals surface area contributed by atoms with E-state index < -0.39 is 0 Å². The molecule has 0 aromatic rings. The largest absolute Gasteiger partial charge is 0.0846 e. The van der Waals surface area contributed by atoms with Crippen molar-refractivity contribution in [3.63, 3.8) is 0 Å². The molecular weight excluding hydrogens is 144 g/mol. The summed E-state index contributed by atoms with van der Waals surface area (Å²) in [4.78, 5) is 0. The van der Waals surface area contributed by atoms with Gasteiger partial charge in [0, 0.05) is 0 Å². The summed E-state index contributed by atoms with van der Waals surface area (Å²) in [6.07, 6.45) is 12.3. The van der Waals surface area contributed by atoms with Crippen LogP contribution in [-0.4, -0.2) is 0 Å². The van der Waals surface area contributed by atoms with Crippen LogP contribution in [0, 0.1) is 17.3 Å². The molecule has 2 aliphatic rings. The molecule has 1 atom stereocenters. The highest BCUT2D eigenvalue weighted by molar-refractivity contribution is 5.12. The van der Waals surface area contributed by atoms with Gasteiger partial charge in [0.2, 0.25) is 0 Å². The maximum atomic E-state index is 2.53. The van der Waals surface area contributed by atoms with Crippen LogP contribution in [0.3, 0.4) is 0 Å². The molecular formula is C12H20. The fourth-order valence-corrected chi connectivity index (χ4v) is 2.33. The lowest BCUT2D eigenvalue weighted by molar-refractivity contribution is 0.418. The third-order valence-electron chi connectivity index (χ3n) is 3.66. The van der Waals surface area contributed by atoms with E-state index in [0.29, 0.717) is 5.41 Å². The smallest absolute Gasteiger partial charge is 0.0117 e. The summed E-state index contributed by atoms with van der Waals surface area (Å²) < 4.78 is 0. The van der Waals surface area contributed by atoms with E-state index in [1.807, 2.05) is 0 Å². The molecule has 2 rings (SSSR count). The summed E-state index contributed by atoms with van der Waals surface area (Å²) in [5, 5.41) is 0. The number of hydrogen-bond acceptors (Lipinski definition) is 0. The van der Waals surface area contributed by atoms with Crippen LogP contribution in [0.15, 0.2) is 12.2 Å². The lowest BCUT2D eigenvalue weighted by Crippen LogP contribution is -2.03. The van der Waals surface area contributed by atoms with E-state index >= 15 is 0 Å². The molecule has 0 saturated heterocycles. The van der Waals surface area contributed by atoms with Crippen molar-refractivity contribution in [1.29, 1.82) is 0 Å². The number of hydrogen-bond donors (Lipinski definition) is 0. The lowest BCUT2D eigenvalue weighted by atomic mass is 9.92. The van der Waals surface area contributed by atoms with Gasteiger partial charge in [-0.1, -0.05) is 32.4 Å². The average molecular weight is 164 g/mol.